The van der Waals surface area contributed by atoms with Gasteiger partial charge in [0, 0.05) is 29.3 Å². The standard InChI is InChI=1S/C13H11BrO/c14-8-2-1-3-10-4-6-12-11(9-10)5-7-13(12)15/h4,6,9H,2,5,7-8H2. The maximum atomic E-state index is 11.4. The zero-order chi connectivity index (χ0) is 10.7. The number of hydrogen-bond acceptors (Lipinski definition) is 1. The highest BCUT2D eigenvalue weighted by molar-refractivity contribution is 9.09. The Morgan fingerprint density at radius 1 is 1.33 bits per heavy atom. The first-order valence-electron chi connectivity index (χ1n) is 5.02. The maximum absolute atomic E-state index is 11.4. The van der Waals surface area contributed by atoms with E-state index in [-0.39, 0.29) is 5.78 Å². The first kappa shape index (κ1) is 10.4. The zero-order valence-corrected chi connectivity index (χ0v) is 9.93. The van der Waals surface area contributed by atoms with Crippen LogP contribution in [0.1, 0.15) is 34.3 Å². The number of ketones is 1. The van der Waals surface area contributed by atoms with Gasteiger partial charge in [0.05, 0.1) is 0 Å². The van der Waals surface area contributed by atoms with E-state index in [1.165, 1.54) is 0 Å². The van der Waals surface area contributed by atoms with Crippen LogP contribution in [0.2, 0.25) is 0 Å². The molecule has 1 nitrogen and oxygen atoms in total. The molecule has 0 bridgehead atoms. The summed E-state index contributed by atoms with van der Waals surface area (Å²) in [6.07, 6.45) is 2.39. The molecule has 0 radical (unpaired) electrons. The lowest BCUT2D eigenvalue weighted by molar-refractivity contribution is 0.0994. The van der Waals surface area contributed by atoms with Crippen LogP contribution in [-0.4, -0.2) is 11.1 Å². The summed E-state index contributed by atoms with van der Waals surface area (Å²) in [7, 11) is 0. The Balaban J connectivity index is 2.24. The molecule has 1 aromatic rings. The zero-order valence-electron chi connectivity index (χ0n) is 8.35. The first-order chi connectivity index (χ1) is 7.31. The van der Waals surface area contributed by atoms with Gasteiger partial charge >= 0.3 is 0 Å². The van der Waals surface area contributed by atoms with Crippen LogP contribution in [0.25, 0.3) is 0 Å². The smallest absolute Gasteiger partial charge is 0.163 e. The predicted molar refractivity (Wildman–Crippen MR) is 64.4 cm³/mol. The second kappa shape index (κ2) is 4.63. The third-order valence-corrected chi connectivity index (χ3v) is 2.88. The molecule has 0 fully saturated rings. The highest BCUT2D eigenvalue weighted by Crippen LogP contribution is 2.22. The summed E-state index contributed by atoms with van der Waals surface area (Å²) in [5.41, 5.74) is 3.07. The molecule has 0 amide bonds. The summed E-state index contributed by atoms with van der Waals surface area (Å²) < 4.78 is 0. The molecule has 0 unspecified atom stereocenters. The number of carbonyl (C=O) groups is 1. The van der Waals surface area contributed by atoms with Gasteiger partial charge in [-0.1, -0.05) is 27.8 Å². The fourth-order valence-electron chi connectivity index (χ4n) is 1.75. The largest absolute Gasteiger partial charge is 0.294 e. The maximum Gasteiger partial charge on any atom is 0.163 e. The van der Waals surface area contributed by atoms with Crippen LogP contribution in [0.15, 0.2) is 18.2 Å². The normalized spacial score (nSPS) is 13.3. The van der Waals surface area contributed by atoms with Crippen molar-refractivity contribution in [2.24, 2.45) is 0 Å². The van der Waals surface area contributed by atoms with E-state index in [1.54, 1.807) is 0 Å². The molecule has 76 valence electrons. The van der Waals surface area contributed by atoms with Crippen molar-refractivity contribution in [1.29, 1.82) is 0 Å². The Hall–Kier alpha value is -1.07. The van der Waals surface area contributed by atoms with E-state index in [1.807, 2.05) is 18.2 Å². The minimum atomic E-state index is 0.268. The molecule has 0 spiro atoms. The second-order valence-corrected chi connectivity index (χ2v) is 4.33. The molecular weight excluding hydrogens is 252 g/mol. The van der Waals surface area contributed by atoms with E-state index in [0.29, 0.717) is 6.42 Å². The number of hydrogen-bond donors (Lipinski definition) is 0. The number of rotatable bonds is 1. The van der Waals surface area contributed by atoms with Gasteiger partial charge < -0.3 is 0 Å². The molecule has 0 atom stereocenters. The molecule has 0 saturated carbocycles. The molecule has 0 aromatic heterocycles. The van der Waals surface area contributed by atoms with Crippen molar-refractivity contribution < 1.29 is 4.79 Å². The number of alkyl halides is 1. The average molecular weight is 263 g/mol. The molecule has 1 aliphatic rings. The third kappa shape index (κ3) is 2.30. The van der Waals surface area contributed by atoms with Crippen LogP contribution < -0.4 is 0 Å². The second-order valence-electron chi connectivity index (χ2n) is 3.54. The molecule has 1 aliphatic carbocycles. The molecule has 0 aliphatic heterocycles. The molecule has 1 aromatic carbocycles. The van der Waals surface area contributed by atoms with Crippen molar-refractivity contribution in [1.82, 2.24) is 0 Å². The van der Waals surface area contributed by atoms with Crippen molar-refractivity contribution in [2.75, 3.05) is 5.33 Å². The first-order valence-corrected chi connectivity index (χ1v) is 6.14. The topological polar surface area (TPSA) is 17.1 Å². The lowest BCUT2D eigenvalue weighted by Crippen LogP contribution is -1.90. The Bertz CT molecular complexity index is 451. The predicted octanol–water partition coefficient (Wildman–Crippen LogP) is 2.95. The SMILES string of the molecule is O=C1CCc2cc(C#CCCBr)ccc21. The number of fused-ring (bicyclic) bond motifs is 1. The highest BCUT2D eigenvalue weighted by Gasteiger charge is 2.18. The fourth-order valence-corrected chi connectivity index (χ4v) is 1.94. The molecule has 15 heavy (non-hydrogen) atoms. The average Bonchev–Trinajstić information content (AvgIpc) is 2.61. The van der Waals surface area contributed by atoms with E-state index < -0.39 is 0 Å². The van der Waals surface area contributed by atoms with Gasteiger partial charge in [0.15, 0.2) is 5.78 Å². The fraction of sp³-hybridized carbons (Fsp3) is 0.308. The van der Waals surface area contributed by atoms with E-state index in [0.717, 1.165) is 34.9 Å². The van der Waals surface area contributed by atoms with Gasteiger partial charge in [-0.2, -0.15) is 0 Å². The molecule has 0 N–H and O–H groups in total. The summed E-state index contributed by atoms with van der Waals surface area (Å²) in [4.78, 5) is 11.4. The van der Waals surface area contributed by atoms with Crippen LogP contribution >= 0.6 is 15.9 Å². The molecule has 0 heterocycles. The summed E-state index contributed by atoms with van der Waals surface area (Å²) in [6.45, 7) is 0. The minimum Gasteiger partial charge on any atom is -0.294 e. The Labute approximate surface area is 98.0 Å². The monoisotopic (exact) mass is 262 g/mol. The van der Waals surface area contributed by atoms with Gasteiger partial charge in [-0.05, 0) is 30.2 Å². The quantitative estimate of drug-likeness (QED) is 0.562. The van der Waals surface area contributed by atoms with Gasteiger partial charge in [0.2, 0.25) is 0 Å². The number of Topliss-reactive ketones (excluding diaryl/α,β-unsaturated/α-hetero) is 1. The number of aryl methyl sites for hydroxylation is 1. The summed E-state index contributed by atoms with van der Waals surface area (Å²) in [5, 5.41) is 0.906. The summed E-state index contributed by atoms with van der Waals surface area (Å²) >= 11 is 3.33. The van der Waals surface area contributed by atoms with Crippen molar-refractivity contribution >= 4 is 21.7 Å². The summed E-state index contributed by atoms with van der Waals surface area (Å²) in [5.74, 6) is 6.44. The van der Waals surface area contributed by atoms with Gasteiger partial charge in [0.1, 0.15) is 0 Å². The third-order valence-electron chi connectivity index (χ3n) is 2.48. The van der Waals surface area contributed by atoms with Gasteiger partial charge in [0.25, 0.3) is 0 Å². The van der Waals surface area contributed by atoms with Crippen molar-refractivity contribution in [3.63, 3.8) is 0 Å². The van der Waals surface area contributed by atoms with Crippen molar-refractivity contribution in [2.45, 2.75) is 19.3 Å². The van der Waals surface area contributed by atoms with E-state index in [2.05, 4.69) is 27.8 Å². The van der Waals surface area contributed by atoms with E-state index >= 15 is 0 Å². The van der Waals surface area contributed by atoms with Crippen LogP contribution in [0.4, 0.5) is 0 Å². The lowest BCUT2D eigenvalue weighted by atomic mass is 10.1. The van der Waals surface area contributed by atoms with Gasteiger partial charge in [-0.3, -0.25) is 4.79 Å². The number of benzene rings is 1. The Morgan fingerprint density at radius 2 is 2.20 bits per heavy atom. The molecule has 0 saturated heterocycles. The van der Waals surface area contributed by atoms with Crippen LogP contribution in [0.3, 0.4) is 0 Å². The van der Waals surface area contributed by atoms with E-state index in [4.69, 9.17) is 0 Å². The van der Waals surface area contributed by atoms with Crippen LogP contribution in [0, 0.1) is 11.8 Å². The van der Waals surface area contributed by atoms with E-state index in [9.17, 15) is 4.79 Å². The lowest BCUT2D eigenvalue weighted by Gasteiger charge is -1.97. The van der Waals surface area contributed by atoms with Gasteiger partial charge in [-0.15, -0.1) is 0 Å². The van der Waals surface area contributed by atoms with Gasteiger partial charge in [-0.25, -0.2) is 0 Å². The van der Waals surface area contributed by atoms with Crippen molar-refractivity contribution in [3.8, 4) is 11.8 Å². The molecule has 2 heteroatoms. The number of carbonyl (C=O) groups excluding carboxylic acids is 1. The Morgan fingerprint density at radius 3 is 3.00 bits per heavy atom. The molecular formula is C13H11BrO. The molecule has 2 rings (SSSR count). The summed E-state index contributed by atoms with van der Waals surface area (Å²) in [6, 6.07) is 5.88. The Kier molecular flexibility index (Phi) is 3.23. The van der Waals surface area contributed by atoms with Crippen LogP contribution in [0.5, 0.6) is 0 Å². The minimum absolute atomic E-state index is 0.268. The van der Waals surface area contributed by atoms with Crippen molar-refractivity contribution in [3.05, 3.63) is 34.9 Å². The highest BCUT2D eigenvalue weighted by atomic mass is 79.9. The number of halogens is 1. The van der Waals surface area contributed by atoms with Crippen LogP contribution in [-0.2, 0) is 6.42 Å².